The van der Waals surface area contributed by atoms with Gasteiger partial charge in [-0.3, -0.25) is 0 Å². The van der Waals surface area contributed by atoms with E-state index in [1.54, 1.807) is 0 Å². The third-order valence-corrected chi connectivity index (χ3v) is 6.91. The van der Waals surface area contributed by atoms with Crippen LogP contribution in [0.3, 0.4) is 0 Å². The van der Waals surface area contributed by atoms with E-state index in [9.17, 15) is 9.90 Å². The molecule has 0 saturated carbocycles. The molecule has 2 aromatic rings. The molecule has 1 unspecified atom stereocenters. The number of likely N-dealkylation sites (tertiary alicyclic amines) is 1. The first-order chi connectivity index (χ1) is 14.2. The van der Waals surface area contributed by atoms with Gasteiger partial charge in [0.2, 0.25) is 0 Å². The van der Waals surface area contributed by atoms with Gasteiger partial charge in [-0.2, -0.15) is 0 Å². The molecule has 1 spiro atoms. The fourth-order valence-electron chi connectivity index (χ4n) is 5.21. The molecule has 0 radical (unpaired) electrons. The summed E-state index contributed by atoms with van der Waals surface area (Å²) in [5.74, 6) is 0.0935. The number of fused-ring (bicyclic) bond motifs is 3. The van der Waals surface area contributed by atoms with Gasteiger partial charge in [0, 0.05) is 19.0 Å². The van der Waals surface area contributed by atoms with Gasteiger partial charge in [-0.25, -0.2) is 4.79 Å². The van der Waals surface area contributed by atoms with Crippen molar-refractivity contribution in [1.29, 1.82) is 0 Å². The van der Waals surface area contributed by atoms with Crippen LogP contribution >= 0.6 is 0 Å². The van der Waals surface area contributed by atoms with Crippen LogP contribution < -0.4 is 0 Å². The van der Waals surface area contributed by atoms with E-state index in [1.807, 2.05) is 17.0 Å². The molecule has 5 rings (SSSR count). The fourth-order valence-corrected chi connectivity index (χ4v) is 5.21. The van der Waals surface area contributed by atoms with Crippen LogP contribution in [0.4, 0.5) is 4.79 Å². The molecule has 5 heteroatoms. The van der Waals surface area contributed by atoms with Crippen LogP contribution in [0.25, 0.3) is 11.1 Å². The Morgan fingerprint density at radius 2 is 1.69 bits per heavy atom. The molecule has 2 saturated heterocycles. The molecule has 2 fully saturated rings. The molecular weight excluding hydrogens is 366 g/mol. The summed E-state index contributed by atoms with van der Waals surface area (Å²) in [6, 6.07) is 16.8. The molecule has 1 N–H and O–H groups in total. The van der Waals surface area contributed by atoms with Gasteiger partial charge in [-0.1, -0.05) is 48.5 Å². The van der Waals surface area contributed by atoms with Crippen molar-refractivity contribution in [1.82, 2.24) is 4.90 Å². The first-order valence-corrected chi connectivity index (χ1v) is 10.5. The Morgan fingerprint density at radius 1 is 1.07 bits per heavy atom. The molecule has 2 aromatic carbocycles. The summed E-state index contributed by atoms with van der Waals surface area (Å²) in [5.41, 5.74) is 5.06. The quantitative estimate of drug-likeness (QED) is 0.862. The second kappa shape index (κ2) is 7.47. The van der Waals surface area contributed by atoms with Gasteiger partial charge in [-0.15, -0.1) is 0 Å². The third kappa shape index (κ3) is 3.32. The third-order valence-electron chi connectivity index (χ3n) is 6.91. The average molecular weight is 393 g/mol. The fraction of sp³-hybridized carbons (Fsp3) is 0.458. The summed E-state index contributed by atoms with van der Waals surface area (Å²) in [6.07, 6.45) is 2.44. The van der Waals surface area contributed by atoms with Crippen LogP contribution in [-0.4, -0.2) is 55.1 Å². The number of carbonyl (C=O) groups excluding carboxylic acids is 1. The molecule has 0 aromatic heterocycles. The van der Waals surface area contributed by atoms with Crippen LogP contribution in [-0.2, 0) is 9.47 Å². The van der Waals surface area contributed by atoms with Crippen molar-refractivity contribution in [2.45, 2.75) is 31.3 Å². The van der Waals surface area contributed by atoms with E-state index in [2.05, 4.69) is 36.4 Å². The number of hydrogen-bond donors (Lipinski definition) is 1. The number of amides is 1. The number of hydrogen-bond acceptors (Lipinski definition) is 4. The van der Waals surface area contributed by atoms with E-state index in [0.29, 0.717) is 26.3 Å². The van der Waals surface area contributed by atoms with Crippen LogP contribution in [0.1, 0.15) is 36.3 Å². The van der Waals surface area contributed by atoms with E-state index in [1.165, 1.54) is 22.3 Å². The van der Waals surface area contributed by atoms with Gasteiger partial charge in [0.1, 0.15) is 6.61 Å². The highest BCUT2D eigenvalue weighted by Crippen LogP contribution is 2.45. The summed E-state index contributed by atoms with van der Waals surface area (Å²) in [5, 5.41) is 9.32. The Hall–Kier alpha value is -2.37. The van der Waals surface area contributed by atoms with Crippen molar-refractivity contribution < 1.29 is 19.4 Å². The van der Waals surface area contributed by atoms with E-state index in [-0.39, 0.29) is 30.1 Å². The highest BCUT2D eigenvalue weighted by atomic mass is 16.6. The summed E-state index contributed by atoms with van der Waals surface area (Å²) < 4.78 is 11.5. The minimum atomic E-state index is -0.223. The van der Waals surface area contributed by atoms with Gasteiger partial charge in [0.05, 0.1) is 19.3 Å². The second-order valence-corrected chi connectivity index (χ2v) is 8.61. The van der Waals surface area contributed by atoms with Crippen LogP contribution in [0.15, 0.2) is 48.5 Å². The minimum absolute atomic E-state index is 0.0454. The summed E-state index contributed by atoms with van der Waals surface area (Å²) in [7, 11) is 0. The number of benzene rings is 2. The van der Waals surface area contributed by atoms with Gasteiger partial charge in [-0.05, 0) is 46.9 Å². The zero-order valence-corrected chi connectivity index (χ0v) is 16.5. The largest absolute Gasteiger partial charge is 0.448 e. The second-order valence-electron chi connectivity index (χ2n) is 8.61. The topological polar surface area (TPSA) is 59.0 Å². The molecule has 2 aliphatic heterocycles. The van der Waals surface area contributed by atoms with Crippen LogP contribution in [0.5, 0.6) is 0 Å². The molecule has 29 heavy (non-hydrogen) atoms. The predicted octanol–water partition coefficient (Wildman–Crippen LogP) is 3.80. The predicted molar refractivity (Wildman–Crippen MR) is 110 cm³/mol. The van der Waals surface area contributed by atoms with E-state index in [4.69, 9.17) is 9.47 Å². The molecule has 5 nitrogen and oxygen atoms in total. The lowest BCUT2D eigenvalue weighted by Gasteiger charge is -2.38. The smallest absolute Gasteiger partial charge is 0.409 e. The standard InChI is InChI=1S/C24H27NO4/c26-14-17-13-24(16-29-17)9-11-25(12-10-24)23(27)28-15-22-20-7-3-1-5-18(20)19-6-2-4-8-21(19)22/h1-8,17,22,26H,9-16H2. The molecule has 2 heterocycles. The molecule has 1 amide bonds. The maximum atomic E-state index is 12.7. The van der Waals surface area contributed by atoms with Crippen LogP contribution in [0.2, 0.25) is 0 Å². The van der Waals surface area contributed by atoms with Crippen molar-refractivity contribution in [3.8, 4) is 11.1 Å². The first-order valence-electron chi connectivity index (χ1n) is 10.5. The van der Waals surface area contributed by atoms with Crippen molar-refractivity contribution in [3.05, 3.63) is 59.7 Å². The molecule has 3 aliphatic rings. The van der Waals surface area contributed by atoms with Crippen molar-refractivity contribution in [2.24, 2.45) is 5.41 Å². The number of aliphatic hydroxyl groups is 1. The summed E-state index contributed by atoms with van der Waals surface area (Å²) in [6.45, 7) is 2.52. The molecule has 1 atom stereocenters. The highest BCUT2D eigenvalue weighted by molar-refractivity contribution is 5.79. The Balaban J connectivity index is 1.22. The van der Waals surface area contributed by atoms with Crippen molar-refractivity contribution in [3.63, 3.8) is 0 Å². The molecule has 0 bridgehead atoms. The Morgan fingerprint density at radius 3 is 2.28 bits per heavy atom. The van der Waals surface area contributed by atoms with E-state index < -0.39 is 0 Å². The van der Waals surface area contributed by atoms with E-state index in [0.717, 1.165) is 19.3 Å². The number of carbonyl (C=O) groups is 1. The SMILES string of the molecule is O=C(OCC1c2ccccc2-c2ccccc21)N1CCC2(CC1)COC(CO)C2. The Kier molecular flexibility index (Phi) is 4.80. The normalized spacial score (nSPS) is 22.5. The van der Waals surface area contributed by atoms with Crippen LogP contribution in [0, 0.1) is 5.41 Å². The number of aliphatic hydroxyl groups excluding tert-OH is 1. The highest BCUT2D eigenvalue weighted by Gasteiger charge is 2.43. The molecule has 1 aliphatic carbocycles. The lowest BCUT2D eigenvalue weighted by atomic mass is 9.77. The average Bonchev–Trinajstić information content (AvgIpc) is 3.32. The minimum Gasteiger partial charge on any atom is -0.448 e. The Labute approximate surface area is 171 Å². The lowest BCUT2D eigenvalue weighted by molar-refractivity contribution is 0.0388. The number of rotatable bonds is 3. The maximum Gasteiger partial charge on any atom is 0.409 e. The summed E-state index contributed by atoms with van der Waals surface area (Å²) >= 11 is 0. The van der Waals surface area contributed by atoms with Gasteiger partial charge < -0.3 is 19.5 Å². The molecule has 152 valence electrons. The van der Waals surface area contributed by atoms with Gasteiger partial charge in [0.15, 0.2) is 0 Å². The zero-order valence-electron chi connectivity index (χ0n) is 16.5. The van der Waals surface area contributed by atoms with Crippen molar-refractivity contribution in [2.75, 3.05) is 32.9 Å². The number of ether oxygens (including phenoxy) is 2. The lowest BCUT2D eigenvalue weighted by Crippen LogP contribution is -2.44. The molecular formula is C24H27NO4. The van der Waals surface area contributed by atoms with Crippen molar-refractivity contribution >= 4 is 6.09 Å². The monoisotopic (exact) mass is 393 g/mol. The number of nitrogens with zero attached hydrogens (tertiary/aromatic N) is 1. The number of piperidine rings is 1. The maximum absolute atomic E-state index is 12.7. The zero-order chi connectivity index (χ0) is 19.8. The first kappa shape index (κ1) is 18.6. The summed E-state index contributed by atoms with van der Waals surface area (Å²) in [4.78, 5) is 14.6. The Bertz CT molecular complexity index is 858. The van der Waals surface area contributed by atoms with E-state index >= 15 is 0 Å². The van der Waals surface area contributed by atoms with Gasteiger partial charge >= 0.3 is 6.09 Å². The van der Waals surface area contributed by atoms with Gasteiger partial charge in [0.25, 0.3) is 0 Å².